The van der Waals surface area contributed by atoms with Crippen molar-refractivity contribution in [2.24, 2.45) is 0 Å². The number of aromatic nitrogens is 2. The molecule has 0 aromatic carbocycles. The van der Waals surface area contributed by atoms with E-state index in [1.165, 1.54) is 18.0 Å². The molecule has 0 saturated carbocycles. The van der Waals surface area contributed by atoms with E-state index >= 15 is 0 Å². The topological polar surface area (TPSA) is 29.0 Å². The van der Waals surface area contributed by atoms with Gasteiger partial charge in [-0.2, -0.15) is 4.37 Å². The van der Waals surface area contributed by atoms with Crippen LogP contribution in [0.1, 0.15) is 12.2 Å². The molecule has 2 rings (SSSR count). The first-order chi connectivity index (χ1) is 4.86. The average molecular weight is 155 g/mol. The maximum atomic E-state index is 4.27. The quantitative estimate of drug-likeness (QED) is 0.607. The molecular weight excluding hydrogens is 146 g/mol. The second kappa shape index (κ2) is 2.20. The lowest BCUT2D eigenvalue weighted by atomic mass is 10.2. The highest BCUT2D eigenvalue weighted by atomic mass is 32.1. The third-order valence-electron chi connectivity index (χ3n) is 1.64. The zero-order valence-corrected chi connectivity index (χ0v) is 6.69. The maximum Gasteiger partial charge on any atom is 0.205 e. The van der Waals surface area contributed by atoms with Crippen molar-refractivity contribution in [1.29, 1.82) is 0 Å². The summed E-state index contributed by atoms with van der Waals surface area (Å²) in [5, 5.41) is 1.09. The number of rotatable bonds is 1. The van der Waals surface area contributed by atoms with Gasteiger partial charge in [-0.3, -0.25) is 0 Å². The number of hydrogen-bond donors (Lipinski definition) is 0. The first kappa shape index (κ1) is 6.09. The largest absolute Gasteiger partial charge is 0.347 e. The van der Waals surface area contributed by atoms with Gasteiger partial charge in [0.15, 0.2) is 0 Å². The van der Waals surface area contributed by atoms with Crippen molar-refractivity contribution in [3.63, 3.8) is 0 Å². The molecule has 1 aromatic rings. The van der Waals surface area contributed by atoms with E-state index in [2.05, 4.69) is 14.3 Å². The van der Waals surface area contributed by atoms with Crippen LogP contribution in [0.5, 0.6) is 0 Å². The van der Waals surface area contributed by atoms with Gasteiger partial charge in [0.1, 0.15) is 5.82 Å². The van der Waals surface area contributed by atoms with Crippen molar-refractivity contribution in [2.45, 2.75) is 13.3 Å². The lowest BCUT2D eigenvalue weighted by Crippen LogP contribution is -2.36. The molecular formula is C6H9N3S. The Hall–Kier alpha value is -0.640. The van der Waals surface area contributed by atoms with Crippen LogP contribution < -0.4 is 4.90 Å². The van der Waals surface area contributed by atoms with E-state index in [0.29, 0.717) is 0 Å². The molecule has 0 unspecified atom stereocenters. The van der Waals surface area contributed by atoms with Gasteiger partial charge in [0, 0.05) is 24.6 Å². The predicted molar refractivity (Wildman–Crippen MR) is 41.5 cm³/mol. The molecule has 0 bridgehead atoms. The Morgan fingerprint density at radius 1 is 1.50 bits per heavy atom. The minimum Gasteiger partial charge on any atom is -0.347 e. The highest BCUT2D eigenvalue weighted by Crippen LogP contribution is 2.21. The lowest BCUT2D eigenvalue weighted by Gasteiger charge is -2.29. The Labute approximate surface area is 63.9 Å². The minimum atomic E-state index is 0.895. The van der Waals surface area contributed by atoms with Crippen LogP contribution in [0.15, 0.2) is 0 Å². The fourth-order valence-corrected chi connectivity index (χ4v) is 1.65. The van der Waals surface area contributed by atoms with E-state index in [9.17, 15) is 0 Å². The van der Waals surface area contributed by atoms with Gasteiger partial charge >= 0.3 is 0 Å². The molecule has 2 heterocycles. The zero-order valence-electron chi connectivity index (χ0n) is 5.87. The molecule has 0 amide bonds. The Balaban J connectivity index is 2.17. The summed E-state index contributed by atoms with van der Waals surface area (Å²) >= 11 is 1.50. The van der Waals surface area contributed by atoms with E-state index in [0.717, 1.165) is 24.0 Å². The van der Waals surface area contributed by atoms with Crippen LogP contribution in [-0.4, -0.2) is 22.4 Å². The number of anilines is 1. The fraction of sp³-hybridized carbons (Fsp3) is 0.667. The van der Waals surface area contributed by atoms with Crippen LogP contribution >= 0.6 is 11.5 Å². The fourth-order valence-electron chi connectivity index (χ4n) is 0.922. The molecule has 54 valence electrons. The Kier molecular flexibility index (Phi) is 1.34. The molecule has 4 heteroatoms. The molecule has 10 heavy (non-hydrogen) atoms. The van der Waals surface area contributed by atoms with Crippen LogP contribution in [0.2, 0.25) is 0 Å². The maximum absolute atomic E-state index is 4.27. The third kappa shape index (κ3) is 0.883. The highest BCUT2D eigenvalue weighted by molar-refractivity contribution is 7.09. The van der Waals surface area contributed by atoms with Gasteiger partial charge < -0.3 is 4.90 Å². The molecule has 0 spiro atoms. The van der Waals surface area contributed by atoms with Crippen molar-refractivity contribution < 1.29 is 0 Å². The van der Waals surface area contributed by atoms with E-state index in [4.69, 9.17) is 0 Å². The van der Waals surface area contributed by atoms with E-state index < -0.39 is 0 Å². The smallest absolute Gasteiger partial charge is 0.205 e. The van der Waals surface area contributed by atoms with Crippen LogP contribution in [0.3, 0.4) is 0 Å². The van der Waals surface area contributed by atoms with Crippen LogP contribution in [0.25, 0.3) is 0 Å². The third-order valence-corrected chi connectivity index (χ3v) is 2.51. The standard InChI is InChI=1S/C6H9N3S/c1-5-7-6(10-8-5)9-3-2-4-9/h2-4H2,1H3. The normalized spacial score (nSPS) is 17.1. The number of aryl methyl sites for hydroxylation is 1. The summed E-state index contributed by atoms with van der Waals surface area (Å²) in [6.07, 6.45) is 1.30. The molecule has 0 N–H and O–H groups in total. The molecule has 1 fully saturated rings. The van der Waals surface area contributed by atoms with Crippen LogP contribution in [0.4, 0.5) is 5.13 Å². The molecule has 1 saturated heterocycles. The van der Waals surface area contributed by atoms with Gasteiger partial charge in [-0.15, -0.1) is 0 Å². The Morgan fingerprint density at radius 2 is 2.30 bits per heavy atom. The molecule has 0 atom stereocenters. The molecule has 1 aliphatic heterocycles. The average Bonchev–Trinajstić information content (AvgIpc) is 2.10. The van der Waals surface area contributed by atoms with Crippen molar-refractivity contribution in [3.05, 3.63) is 5.82 Å². The Morgan fingerprint density at radius 3 is 2.70 bits per heavy atom. The van der Waals surface area contributed by atoms with Gasteiger partial charge in [-0.1, -0.05) is 0 Å². The molecule has 1 aromatic heterocycles. The lowest BCUT2D eigenvalue weighted by molar-refractivity contribution is 0.615. The van der Waals surface area contributed by atoms with Gasteiger partial charge in [-0.25, -0.2) is 4.98 Å². The number of nitrogens with zero attached hydrogens (tertiary/aromatic N) is 3. The summed E-state index contributed by atoms with van der Waals surface area (Å²) in [5.41, 5.74) is 0. The molecule has 0 aliphatic carbocycles. The minimum absolute atomic E-state index is 0.895. The van der Waals surface area contributed by atoms with Crippen LogP contribution in [0, 0.1) is 6.92 Å². The van der Waals surface area contributed by atoms with Gasteiger partial charge in [-0.05, 0) is 13.3 Å². The summed E-state index contributed by atoms with van der Waals surface area (Å²) in [4.78, 5) is 6.52. The summed E-state index contributed by atoms with van der Waals surface area (Å²) in [6, 6.07) is 0. The van der Waals surface area contributed by atoms with Crippen molar-refractivity contribution in [2.75, 3.05) is 18.0 Å². The first-order valence-corrected chi connectivity index (χ1v) is 4.19. The summed E-state index contributed by atoms with van der Waals surface area (Å²) < 4.78 is 4.11. The van der Waals surface area contributed by atoms with Crippen molar-refractivity contribution >= 4 is 16.7 Å². The second-order valence-electron chi connectivity index (χ2n) is 2.46. The van der Waals surface area contributed by atoms with E-state index in [1.54, 1.807) is 0 Å². The summed E-state index contributed by atoms with van der Waals surface area (Å²) in [5.74, 6) is 0.895. The van der Waals surface area contributed by atoms with Crippen molar-refractivity contribution in [3.8, 4) is 0 Å². The summed E-state index contributed by atoms with van der Waals surface area (Å²) in [7, 11) is 0. The molecule has 1 aliphatic rings. The Bertz CT molecular complexity index is 229. The predicted octanol–water partition coefficient (Wildman–Crippen LogP) is 1.06. The number of hydrogen-bond acceptors (Lipinski definition) is 4. The monoisotopic (exact) mass is 155 g/mol. The van der Waals surface area contributed by atoms with E-state index in [1.807, 2.05) is 6.92 Å². The second-order valence-corrected chi connectivity index (χ2v) is 3.20. The van der Waals surface area contributed by atoms with Crippen molar-refractivity contribution in [1.82, 2.24) is 9.36 Å². The first-order valence-electron chi connectivity index (χ1n) is 3.41. The highest BCUT2D eigenvalue weighted by Gasteiger charge is 2.17. The van der Waals surface area contributed by atoms with Gasteiger partial charge in [0.05, 0.1) is 0 Å². The summed E-state index contributed by atoms with van der Waals surface area (Å²) in [6.45, 7) is 4.25. The molecule has 0 radical (unpaired) electrons. The molecule has 3 nitrogen and oxygen atoms in total. The zero-order chi connectivity index (χ0) is 6.97. The van der Waals surface area contributed by atoms with Crippen LogP contribution in [-0.2, 0) is 0 Å². The SMILES string of the molecule is Cc1nsc(N2CCC2)n1. The van der Waals surface area contributed by atoms with Gasteiger partial charge in [0.25, 0.3) is 0 Å². The van der Waals surface area contributed by atoms with E-state index in [-0.39, 0.29) is 0 Å². The van der Waals surface area contributed by atoms with Gasteiger partial charge in [0.2, 0.25) is 5.13 Å².